The normalized spacial score (nSPS) is 23.2. The molecule has 72 heavy (non-hydrogen) atoms. The average molecular weight is 1070 g/mol. The average Bonchev–Trinajstić information content (AvgIpc) is 4.00. The van der Waals surface area contributed by atoms with Crippen molar-refractivity contribution in [2.45, 2.75) is 77.8 Å². The molecule has 1 amide bonds. The summed E-state index contributed by atoms with van der Waals surface area (Å²) in [7, 11) is -10.8. The molecule has 4 saturated heterocycles. The van der Waals surface area contributed by atoms with E-state index in [1.807, 2.05) is 47.2 Å². The van der Waals surface area contributed by atoms with E-state index in [-0.39, 0.29) is 41.0 Å². The highest BCUT2D eigenvalue weighted by Crippen LogP contribution is 2.44. The van der Waals surface area contributed by atoms with Crippen molar-refractivity contribution in [1.82, 2.24) is 24.7 Å². The molecule has 19 heteroatoms. The van der Waals surface area contributed by atoms with Gasteiger partial charge in [-0.1, -0.05) is 60.5 Å². The Kier molecular flexibility index (Phi) is 16.5. The van der Waals surface area contributed by atoms with Crippen LogP contribution in [0, 0.1) is 11.3 Å². The van der Waals surface area contributed by atoms with Crippen LogP contribution in [-0.2, 0) is 31.0 Å². The van der Waals surface area contributed by atoms with Gasteiger partial charge in [0, 0.05) is 105 Å². The summed E-state index contributed by atoms with van der Waals surface area (Å²) in [5, 5.41) is 4.19. The molecule has 388 valence electrons. The summed E-state index contributed by atoms with van der Waals surface area (Å²) in [4.78, 5) is 22.2. The van der Waals surface area contributed by atoms with E-state index in [9.17, 15) is 34.8 Å². The molecule has 4 heterocycles. The number of sulfone groups is 1. The van der Waals surface area contributed by atoms with E-state index >= 15 is 0 Å². The van der Waals surface area contributed by atoms with Crippen molar-refractivity contribution in [3.05, 3.63) is 124 Å². The van der Waals surface area contributed by atoms with Crippen LogP contribution < -0.4 is 14.9 Å². The Balaban J connectivity index is 0.850. The van der Waals surface area contributed by atoms with E-state index in [2.05, 4.69) is 44.0 Å². The zero-order valence-corrected chi connectivity index (χ0v) is 43.8. The van der Waals surface area contributed by atoms with Gasteiger partial charge in [-0.15, -0.1) is 11.8 Å². The summed E-state index contributed by atoms with van der Waals surface area (Å²) in [6.45, 7) is 13.7. The van der Waals surface area contributed by atoms with E-state index < -0.39 is 41.1 Å². The first kappa shape index (κ1) is 52.9. The third-order valence-corrected chi connectivity index (χ3v) is 19.5. The highest BCUT2D eigenvalue weighted by Gasteiger charge is 2.48. The molecule has 0 unspecified atom stereocenters. The van der Waals surface area contributed by atoms with Crippen LogP contribution in [0.5, 0.6) is 0 Å². The molecule has 0 radical (unpaired) electrons. The number of amides is 1. The summed E-state index contributed by atoms with van der Waals surface area (Å²) in [6.07, 6.45) is 4.78. The number of piperazine rings is 2. The quantitative estimate of drug-likeness (QED) is 0.0932. The van der Waals surface area contributed by atoms with Gasteiger partial charge in [0.1, 0.15) is 0 Å². The minimum absolute atomic E-state index is 0.0140. The lowest BCUT2D eigenvalue weighted by Gasteiger charge is -2.43. The second-order valence-electron chi connectivity index (χ2n) is 20.4. The van der Waals surface area contributed by atoms with Crippen LogP contribution in [0.3, 0.4) is 0 Å². The maximum absolute atomic E-state index is 14.3. The smallest absolute Gasteiger partial charge is 0.375 e. The predicted molar refractivity (Wildman–Crippen MR) is 278 cm³/mol. The van der Waals surface area contributed by atoms with Crippen LogP contribution in [0.2, 0.25) is 5.02 Å². The molecule has 2 bridgehead atoms. The Morgan fingerprint density at radius 2 is 1.64 bits per heavy atom. The molecule has 9 rings (SSSR count). The Labute approximate surface area is 431 Å². The maximum atomic E-state index is 14.3. The molecular weight excluding hydrogens is 1010 g/mol. The topological polar surface area (TPSA) is 132 Å². The first-order valence-corrected chi connectivity index (χ1v) is 29.3. The first-order chi connectivity index (χ1) is 34.4. The molecule has 4 atom stereocenters. The Hall–Kier alpha value is -3.98. The van der Waals surface area contributed by atoms with E-state index in [0.717, 1.165) is 125 Å². The molecule has 2 N–H and O–H groups in total. The number of halogens is 4. The Morgan fingerprint density at radius 1 is 0.917 bits per heavy atom. The summed E-state index contributed by atoms with van der Waals surface area (Å²) in [5.74, 6) is -0.777. The molecule has 4 fully saturated rings. The fraction of sp³-hybridized carbons (Fsp3) is 0.491. The number of nitrogens with zero attached hydrogens (tertiary/aromatic N) is 4. The Morgan fingerprint density at radius 3 is 2.31 bits per heavy atom. The molecule has 0 saturated carbocycles. The molecule has 4 aromatic carbocycles. The Bertz CT molecular complexity index is 2790. The number of allylic oxidation sites excluding steroid dienone is 1. The predicted octanol–water partition coefficient (Wildman–Crippen LogP) is 8.24. The number of morpholine rings is 1. The number of alkyl halides is 3. The number of anilines is 1. The van der Waals surface area contributed by atoms with Crippen molar-refractivity contribution in [1.29, 1.82) is 0 Å². The lowest BCUT2D eigenvalue weighted by Crippen LogP contribution is -2.49. The summed E-state index contributed by atoms with van der Waals surface area (Å²) < 4.78 is 104. The molecule has 0 spiro atoms. The van der Waals surface area contributed by atoms with Crippen molar-refractivity contribution in [2.75, 3.05) is 95.8 Å². The van der Waals surface area contributed by atoms with Gasteiger partial charge in [-0.25, -0.2) is 21.6 Å². The number of likely N-dealkylation sites (tertiary alicyclic amines) is 1. The van der Waals surface area contributed by atoms with Crippen LogP contribution in [0.1, 0.15) is 60.5 Å². The van der Waals surface area contributed by atoms with E-state index in [1.54, 1.807) is 12.1 Å². The molecule has 12 nitrogen and oxygen atoms in total. The zero-order valence-electron chi connectivity index (χ0n) is 40.6. The number of carbonyl (C=O) groups is 1. The number of nitrogens with one attached hydrogen (secondary N) is 2. The first-order valence-electron chi connectivity index (χ1n) is 24.9. The van der Waals surface area contributed by atoms with Crippen molar-refractivity contribution in [3.63, 3.8) is 0 Å². The fourth-order valence-corrected chi connectivity index (χ4v) is 14.4. The van der Waals surface area contributed by atoms with Gasteiger partial charge in [0.05, 0.1) is 22.5 Å². The number of hydrogen-bond donors (Lipinski definition) is 2. The second kappa shape index (κ2) is 22.5. The molecule has 0 aromatic heterocycles. The fourth-order valence-electron chi connectivity index (χ4n) is 11.1. The number of thioether (sulfide) groups is 1. The van der Waals surface area contributed by atoms with Gasteiger partial charge in [0.25, 0.3) is 25.8 Å². The molecule has 5 aliphatic rings. The monoisotopic (exact) mass is 1070 g/mol. The zero-order chi connectivity index (χ0) is 50.7. The number of benzene rings is 4. The second-order valence-corrected chi connectivity index (χ2v) is 25.5. The van der Waals surface area contributed by atoms with Crippen LogP contribution >= 0.6 is 23.4 Å². The van der Waals surface area contributed by atoms with Gasteiger partial charge >= 0.3 is 5.51 Å². The van der Waals surface area contributed by atoms with E-state index in [0.29, 0.717) is 31.4 Å². The number of sulfonamides is 1. The highest BCUT2D eigenvalue weighted by molar-refractivity contribution is 7.99. The van der Waals surface area contributed by atoms with Crippen LogP contribution in [0.4, 0.5) is 18.9 Å². The lowest BCUT2D eigenvalue weighted by molar-refractivity contribution is -0.0436. The summed E-state index contributed by atoms with van der Waals surface area (Å²) in [6, 6.07) is 27.2. The lowest BCUT2D eigenvalue weighted by atomic mass is 9.71. The van der Waals surface area contributed by atoms with Gasteiger partial charge in [-0.05, 0) is 134 Å². The summed E-state index contributed by atoms with van der Waals surface area (Å²) in [5.41, 5.74) is -0.682. The van der Waals surface area contributed by atoms with E-state index in [4.69, 9.17) is 16.3 Å². The van der Waals surface area contributed by atoms with Gasteiger partial charge < -0.3 is 19.9 Å². The van der Waals surface area contributed by atoms with Crippen molar-refractivity contribution in [3.8, 4) is 0 Å². The van der Waals surface area contributed by atoms with E-state index in [1.165, 1.54) is 40.6 Å². The van der Waals surface area contributed by atoms with Crippen LogP contribution in [-0.4, -0.2) is 146 Å². The number of rotatable bonds is 18. The molecule has 1 aliphatic carbocycles. The molecular formula is C53H64ClF3N6O6S3. The summed E-state index contributed by atoms with van der Waals surface area (Å²) >= 11 is 7.82. The molecule has 4 aliphatic heterocycles. The number of fused-ring (bicyclic) bond motifs is 2. The maximum Gasteiger partial charge on any atom is 0.501 e. The van der Waals surface area contributed by atoms with Crippen molar-refractivity contribution < 1.29 is 39.5 Å². The van der Waals surface area contributed by atoms with Gasteiger partial charge in [-0.3, -0.25) is 14.6 Å². The van der Waals surface area contributed by atoms with Crippen molar-refractivity contribution in [2.24, 2.45) is 11.3 Å². The largest absolute Gasteiger partial charge is 0.501 e. The van der Waals surface area contributed by atoms with Crippen molar-refractivity contribution >= 4 is 60.4 Å². The number of carbonyl (C=O) groups excluding carboxylic acids is 1. The minimum atomic E-state index is -6.00. The van der Waals surface area contributed by atoms with Gasteiger partial charge in [0.15, 0.2) is 0 Å². The van der Waals surface area contributed by atoms with Crippen LogP contribution in [0.25, 0.3) is 5.57 Å². The number of ether oxygens (including phenoxy) is 1. The van der Waals surface area contributed by atoms with Gasteiger partial charge in [-0.2, -0.15) is 13.2 Å². The third kappa shape index (κ3) is 12.7. The van der Waals surface area contributed by atoms with Gasteiger partial charge in [0.2, 0.25) is 0 Å². The van der Waals surface area contributed by atoms with Crippen LogP contribution in [0.15, 0.2) is 117 Å². The minimum Gasteiger partial charge on any atom is -0.375 e. The SMILES string of the molecule is C[C@@]1(CN2CCNCC2)CCC(c2ccc(Cl)cc2)=C(CN2CCN(c3ccc(C(=O)NS(=O)(=O)c4ccc(C[C@H](CCN5C[C@H]6C[C@@H]5CO6)CSc5ccccc5)c(S(=O)(=O)C(F)(F)F)c4)cc3)CC2)C1. The highest BCUT2D eigenvalue weighted by atomic mass is 35.5. The third-order valence-electron chi connectivity index (χ3n) is 15.1. The standard InChI is InChI=1S/C53H64ClF3N6O6S3/c1-52(37-61-23-20-58-21-24-61)19-17-49(39-7-12-43(54)13-8-39)42(32-52)33-60-25-27-62(28-26-60)44-14-9-40(10-15-44)51(64)59-72(67,68)48-16-11-41(50(31-48)71(65,66)53(55,56)57)29-38(36-70-47-5-3-2-4-6-47)18-22-63-34-46-30-45(63)35-69-46/h2-16,31,38,45-46,58H,17-30,32-37H2,1H3,(H,59,64)/t38-,45+,46+,52+/m0/s1. The number of hydrogen-bond acceptors (Lipinski definition) is 12. The molecule has 4 aromatic rings.